The average molecular weight is 327 g/mol. The highest BCUT2D eigenvalue weighted by molar-refractivity contribution is 5.79. The monoisotopic (exact) mass is 327 g/mol. The lowest BCUT2D eigenvalue weighted by atomic mass is 9.95. The lowest BCUT2D eigenvalue weighted by Crippen LogP contribution is -2.49. The first kappa shape index (κ1) is 16.5. The van der Waals surface area contributed by atoms with Crippen LogP contribution in [0, 0.1) is 0 Å². The van der Waals surface area contributed by atoms with Gasteiger partial charge in [-0.1, -0.05) is 48.5 Å². The Balaban J connectivity index is 2.01. The zero-order chi connectivity index (χ0) is 17.3. The van der Waals surface area contributed by atoms with Gasteiger partial charge in [-0.3, -0.25) is 4.90 Å². The molecule has 0 bridgehead atoms. The summed E-state index contributed by atoms with van der Waals surface area (Å²) in [4.78, 5) is 12.9. The van der Waals surface area contributed by atoms with Crippen LogP contribution in [0.4, 0.5) is 4.79 Å². The van der Waals surface area contributed by atoms with Gasteiger partial charge >= 0.3 is 6.09 Å². The van der Waals surface area contributed by atoms with Gasteiger partial charge in [-0.05, 0) is 29.2 Å². The summed E-state index contributed by atoms with van der Waals surface area (Å²) in [6, 6.07) is 15.1. The Bertz CT molecular complexity index is 698. The standard InChI is InChI=1S/C19H21NO4/c1-12(22)18(11-21)20(19(23)24)10-17-15-8-4-2-6-13(15)14-7-3-5-9-16(14)17/h2-9,12,17-18,21-22H,10-11H2,1H3,(H,23,24)/t12-,18-/m1/s1. The molecule has 0 heterocycles. The molecule has 2 atom stereocenters. The van der Waals surface area contributed by atoms with E-state index in [-0.39, 0.29) is 12.5 Å². The van der Waals surface area contributed by atoms with E-state index in [0.29, 0.717) is 0 Å². The van der Waals surface area contributed by atoms with Gasteiger partial charge in [-0.25, -0.2) is 4.79 Å². The lowest BCUT2D eigenvalue weighted by molar-refractivity contribution is 0.0270. The Hall–Kier alpha value is -2.37. The second-order valence-corrected chi connectivity index (χ2v) is 6.15. The number of nitrogens with zero attached hydrogens (tertiary/aromatic N) is 1. The first-order valence-electron chi connectivity index (χ1n) is 8.01. The topological polar surface area (TPSA) is 81.0 Å². The minimum absolute atomic E-state index is 0.110. The molecule has 3 rings (SSSR count). The number of benzene rings is 2. The molecule has 0 aromatic heterocycles. The molecule has 1 amide bonds. The van der Waals surface area contributed by atoms with Gasteiger partial charge in [0.1, 0.15) is 0 Å². The number of amides is 1. The normalized spacial score (nSPS) is 15.5. The maximum absolute atomic E-state index is 11.7. The molecule has 3 N–H and O–H groups in total. The van der Waals surface area contributed by atoms with Crippen molar-refractivity contribution in [1.82, 2.24) is 4.90 Å². The summed E-state index contributed by atoms with van der Waals surface area (Å²) in [5.74, 6) is -0.110. The second-order valence-electron chi connectivity index (χ2n) is 6.15. The predicted octanol–water partition coefficient (Wildman–Crippen LogP) is 2.52. The number of fused-ring (bicyclic) bond motifs is 3. The van der Waals surface area contributed by atoms with Crippen LogP contribution in [-0.4, -0.2) is 51.6 Å². The molecule has 0 spiro atoms. The maximum atomic E-state index is 11.7. The van der Waals surface area contributed by atoms with Crippen molar-refractivity contribution >= 4 is 6.09 Å². The molecule has 1 aliphatic carbocycles. The van der Waals surface area contributed by atoms with Gasteiger partial charge in [-0.15, -0.1) is 0 Å². The minimum atomic E-state index is -1.14. The van der Waals surface area contributed by atoms with E-state index in [4.69, 9.17) is 0 Å². The van der Waals surface area contributed by atoms with Crippen molar-refractivity contribution in [2.75, 3.05) is 13.2 Å². The van der Waals surface area contributed by atoms with E-state index in [1.165, 1.54) is 6.92 Å². The summed E-state index contributed by atoms with van der Waals surface area (Å²) in [7, 11) is 0. The number of aliphatic hydroxyl groups excluding tert-OH is 2. The van der Waals surface area contributed by atoms with Crippen LogP contribution in [0.25, 0.3) is 11.1 Å². The minimum Gasteiger partial charge on any atom is -0.465 e. The maximum Gasteiger partial charge on any atom is 0.407 e. The first-order valence-corrected chi connectivity index (χ1v) is 8.01. The van der Waals surface area contributed by atoms with Crippen molar-refractivity contribution in [1.29, 1.82) is 0 Å². The van der Waals surface area contributed by atoms with E-state index in [2.05, 4.69) is 0 Å². The van der Waals surface area contributed by atoms with Gasteiger partial charge in [0.05, 0.1) is 18.8 Å². The Morgan fingerprint density at radius 2 is 1.58 bits per heavy atom. The van der Waals surface area contributed by atoms with Crippen LogP contribution in [-0.2, 0) is 0 Å². The lowest BCUT2D eigenvalue weighted by Gasteiger charge is -2.32. The Morgan fingerprint density at radius 3 is 2.00 bits per heavy atom. The van der Waals surface area contributed by atoms with Gasteiger partial charge in [0.2, 0.25) is 0 Å². The fraction of sp³-hybridized carbons (Fsp3) is 0.316. The van der Waals surface area contributed by atoms with Crippen LogP contribution in [0.5, 0.6) is 0 Å². The summed E-state index contributed by atoms with van der Waals surface area (Å²) in [6.07, 6.45) is -2.09. The molecule has 0 saturated heterocycles. The van der Waals surface area contributed by atoms with Crippen molar-refractivity contribution < 1.29 is 20.1 Å². The predicted molar refractivity (Wildman–Crippen MR) is 91.0 cm³/mol. The van der Waals surface area contributed by atoms with Crippen LogP contribution in [0.15, 0.2) is 48.5 Å². The van der Waals surface area contributed by atoms with Crippen molar-refractivity contribution in [3.63, 3.8) is 0 Å². The van der Waals surface area contributed by atoms with Crippen molar-refractivity contribution in [3.8, 4) is 11.1 Å². The quantitative estimate of drug-likeness (QED) is 0.788. The van der Waals surface area contributed by atoms with E-state index in [1.54, 1.807) is 0 Å². The molecule has 2 aromatic carbocycles. The molecule has 24 heavy (non-hydrogen) atoms. The highest BCUT2D eigenvalue weighted by Crippen LogP contribution is 2.44. The summed E-state index contributed by atoms with van der Waals surface area (Å²) in [5, 5.41) is 28.9. The fourth-order valence-electron chi connectivity index (χ4n) is 3.52. The summed E-state index contributed by atoms with van der Waals surface area (Å²) in [6.45, 7) is 1.27. The molecule has 0 fully saturated rings. The zero-order valence-electron chi connectivity index (χ0n) is 13.5. The smallest absolute Gasteiger partial charge is 0.407 e. The number of aliphatic hydroxyl groups is 2. The third kappa shape index (κ3) is 2.77. The van der Waals surface area contributed by atoms with Crippen LogP contribution < -0.4 is 0 Å². The Kier molecular flexibility index (Phi) is 4.55. The number of carboxylic acid groups (broad SMARTS) is 1. The van der Waals surface area contributed by atoms with Crippen LogP contribution in [0.2, 0.25) is 0 Å². The number of hydrogen-bond acceptors (Lipinski definition) is 3. The fourth-order valence-corrected chi connectivity index (χ4v) is 3.52. The molecule has 126 valence electrons. The number of rotatable bonds is 5. The third-order valence-electron chi connectivity index (χ3n) is 4.73. The van der Waals surface area contributed by atoms with E-state index in [1.807, 2.05) is 48.5 Å². The van der Waals surface area contributed by atoms with Crippen LogP contribution >= 0.6 is 0 Å². The molecular weight excluding hydrogens is 306 g/mol. The van der Waals surface area contributed by atoms with Crippen LogP contribution in [0.1, 0.15) is 24.0 Å². The highest BCUT2D eigenvalue weighted by Gasteiger charge is 2.34. The van der Waals surface area contributed by atoms with Gasteiger partial charge in [0.25, 0.3) is 0 Å². The molecular formula is C19H21NO4. The molecule has 0 radical (unpaired) electrons. The van der Waals surface area contributed by atoms with E-state index in [0.717, 1.165) is 27.2 Å². The number of hydrogen-bond donors (Lipinski definition) is 3. The molecule has 0 saturated carbocycles. The average Bonchev–Trinajstić information content (AvgIpc) is 2.89. The Morgan fingerprint density at radius 1 is 1.08 bits per heavy atom. The molecule has 5 nitrogen and oxygen atoms in total. The number of carbonyl (C=O) groups is 1. The SMILES string of the molecule is C[C@@H](O)[C@@H](CO)N(CC1c2ccccc2-c2ccccc21)C(=O)O. The van der Waals surface area contributed by atoms with Gasteiger partial charge in [-0.2, -0.15) is 0 Å². The second kappa shape index (κ2) is 6.63. The third-order valence-corrected chi connectivity index (χ3v) is 4.73. The van der Waals surface area contributed by atoms with E-state index >= 15 is 0 Å². The Labute approximate surface area is 140 Å². The van der Waals surface area contributed by atoms with E-state index < -0.39 is 24.8 Å². The van der Waals surface area contributed by atoms with Crippen molar-refractivity contribution in [2.24, 2.45) is 0 Å². The molecule has 0 unspecified atom stereocenters. The summed E-state index contributed by atoms with van der Waals surface area (Å²) in [5.41, 5.74) is 4.38. The van der Waals surface area contributed by atoms with Gasteiger partial charge < -0.3 is 15.3 Å². The van der Waals surface area contributed by atoms with Gasteiger partial charge in [0.15, 0.2) is 0 Å². The highest BCUT2D eigenvalue weighted by atomic mass is 16.4. The van der Waals surface area contributed by atoms with Gasteiger partial charge in [0, 0.05) is 12.5 Å². The molecule has 1 aliphatic rings. The largest absolute Gasteiger partial charge is 0.465 e. The van der Waals surface area contributed by atoms with Crippen molar-refractivity contribution in [2.45, 2.75) is 25.0 Å². The molecule has 5 heteroatoms. The molecule has 2 aromatic rings. The molecule has 0 aliphatic heterocycles. The van der Waals surface area contributed by atoms with Crippen molar-refractivity contribution in [3.05, 3.63) is 59.7 Å². The zero-order valence-corrected chi connectivity index (χ0v) is 13.5. The summed E-state index contributed by atoms with van der Waals surface area (Å²) < 4.78 is 0. The van der Waals surface area contributed by atoms with E-state index in [9.17, 15) is 20.1 Å². The first-order chi connectivity index (χ1) is 11.5. The summed E-state index contributed by atoms with van der Waals surface area (Å²) >= 11 is 0. The van der Waals surface area contributed by atoms with Crippen LogP contribution in [0.3, 0.4) is 0 Å².